The lowest BCUT2D eigenvalue weighted by molar-refractivity contribution is 0.527. The Kier molecular flexibility index (Phi) is 5.38. The molecule has 0 bridgehead atoms. The predicted molar refractivity (Wildman–Crippen MR) is 86.8 cm³/mol. The fraction of sp³-hybridized carbons (Fsp3) is 0.438. The first kappa shape index (κ1) is 15.3. The molecule has 0 amide bonds. The number of nitrogens with zero attached hydrogens (tertiary/aromatic N) is 2. The van der Waals surface area contributed by atoms with E-state index >= 15 is 0 Å². The average Bonchev–Trinajstić information content (AvgIpc) is 2.75. The first-order valence-electron chi connectivity index (χ1n) is 7.15. The van der Waals surface area contributed by atoms with Crippen molar-refractivity contribution in [1.29, 1.82) is 0 Å². The van der Waals surface area contributed by atoms with Gasteiger partial charge in [0.25, 0.3) is 0 Å². The van der Waals surface area contributed by atoms with Gasteiger partial charge in [0.1, 0.15) is 0 Å². The molecule has 0 spiro atoms. The molecule has 1 unspecified atom stereocenters. The van der Waals surface area contributed by atoms with E-state index in [9.17, 15) is 0 Å². The van der Waals surface area contributed by atoms with Gasteiger partial charge in [-0.15, -0.1) is 0 Å². The summed E-state index contributed by atoms with van der Waals surface area (Å²) in [4.78, 5) is 0. The van der Waals surface area contributed by atoms with Gasteiger partial charge < -0.3 is 5.32 Å². The number of benzene rings is 1. The highest BCUT2D eigenvalue weighted by Crippen LogP contribution is 2.26. The number of hydrogen-bond acceptors (Lipinski definition) is 2. The van der Waals surface area contributed by atoms with E-state index in [1.54, 1.807) is 0 Å². The third kappa shape index (κ3) is 3.30. The van der Waals surface area contributed by atoms with Crippen LogP contribution in [0, 0.1) is 0 Å². The van der Waals surface area contributed by atoms with Crippen molar-refractivity contribution in [3.63, 3.8) is 0 Å². The average molecular weight is 336 g/mol. The highest BCUT2D eigenvalue weighted by Gasteiger charge is 2.18. The summed E-state index contributed by atoms with van der Waals surface area (Å²) < 4.78 is 3.15. The maximum absolute atomic E-state index is 4.58. The van der Waals surface area contributed by atoms with E-state index in [1.807, 2.05) is 11.7 Å². The molecular formula is C16H22BrN3. The Balaban J connectivity index is 2.27. The van der Waals surface area contributed by atoms with Gasteiger partial charge in [-0.2, -0.15) is 5.10 Å². The molecule has 0 saturated carbocycles. The Morgan fingerprint density at radius 1 is 1.25 bits per heavy atom. The van der Waals surface area contributed by atoms with Gasteiger partial charge in [0.05, 0.1) is 15.9 Å². The third-order valence-electron chi connectivity index (χ3n) is 3.55. The van der Waals surface area contributed by atoms with Crippen LogP contribution in [-0.2, 0) is 19.9 Å². The second-order valence-corrected chi connectivity index (χ2v) is 5.70. The minimum atomic E-state index is 0.317. The lowest BCUT2D eigenvalue weighted by Crippen LogP contribution is -2.24. The summed E-state index contributed by atoms with van der Waals surface area (Å²) in [5.41, 5.74) is 3.70. The Hall–Kier alpha value is -1.13. The molecule has 0 saturated heterocycles. The smallest absolute Gasteiger partial charge is 0.0766 e. The Bertz CT molecular complexity index is 548. The molecule has 0 aliphatic rings. The van der Waals surface area contributed by atoms with Crippen LogP contribution in [-0.4, -0.2) is 16.3 Å². The monoisotopic (exact) mass is 335 g/mol. The SMILES string of the molecule is CCNC(Cc1c(Br)c(CC)nn1C)c1ccccc1. The number of aryl methyl sites for hydroxylation is 2. The molecule has 0 aliphatic heterocycles. The number of hydrogen-bond donors (Lipinski definition) is 1. The van der Waals surface area contributed by atoms with Crippen LogP contribution in [0.15, 0.2) is 34.8 Å². The van der Waals surface area contributed by atoms with Crippen LogP contribution < -0.4 is 5.32 Å². The maximum atomic E-state index is 4.58. The van der Waals surface area contributed by atoms with E-state index in [0.717, 1.165) is 29.6 Å². The van der Waals surface area contributed by atoms with E-state index in [-0.39, 0.29) is 0 Å². The van der Waals surface area contributed by atoms with Crippen molar-refractivity contribution in [2.75, 3.05) is 6.54 Å². The number of nitrogens with one attached hydrogen (secondary N) is 1. The summed E-state index contributed by atoms with van der Waals surface area (Å²) in [5, 5.41) is 8.14. The third-order valence-corrected chi connectivity index (χ3v) is 4.47. The van der Waals surface area contributed by atoms with E-state index in [2.05, 4.69) is 70.5 Å². The molecule has 2 aromatic rings. The molecule has 0 radical (unpaired) electrons. The quantitative estimate of drug-likeness (QED) is 0.873. The van der Waals surface area contributed by atoms with Crippen LogP contribution in [0.4, 0.5) is 0 Å². The van der Waals surface area contributed by atoms with Crippen LogP contribution in [0.5, 0.6) is 0 Å². The van der Waals surface area contributed by atoms with Gasteiger partial charge in [-0.05, 0) is 34.5 Å². The van der Waals surface area contributed by atoms with Gasteiger partial charge in [0.2, 0.25) is 0 Å². The summed E-state index contributed by atoms with van der Waals surface area (Å²) in [7, 11) is 2.02. The predicted octanol–water partition coefficient (Wildman–Crippen LogP) is 3.64. The molecular weight excluding hydrogens is 314 g/mol. The number of halogens is 1. The Morgan fingerprint density at radius 2 is 1.95 bits per heavy atom. The van der Waals surface area contributed by atoms with Crippen molar-refractivity contribution in [1.82, 2.24) is 15.1 Å². The molecule has 20 heavy (non-hydrogen) atoms. The maximum Gasteiger partial charge on any atom is 0.0766 e. The highest BCUT2D eigenvalue weighted by atomic mass is 79.9. The molecule has 3 nitrogen and oxygen atoms in total. The lowest BCUT2D eigenvalue weighted by atomic mass is 10.0. The van der Waals surface area contributed by atoms with E-state index in [0.29, 0.717) is 6.04 Å². The summed E-state index contributed by atoms with van der Waals surface area (Å²) >= 11 is 3.70. The molecule has 1 aromatic carbocycles. The molecule has 108 valence electrons. The fourth-order valence-corrected chi connectivity index (χ4v) is 3.25. The van der Waals surface area contributed by atoms with Crippen molar-refractivity contribution in [3.8, 4) is 0 Å². The topological polar surface area (TPSA) is 29.9 Å². The van der Waals surface area contributed by atoms with Crippen molar-refractivity contribution in [2.45, 2.75) is 32.7 Å². The number of likely N-dealkylation sites (N-methyl/N-ethyl adjacent to an activating group) is 1. The molecule has 4 heteroatoms. The second kappa shape index (κ2) is 7.04. The summed E-state index contributed by atoms with van der Waals surface area (Å²) in [6.07, 6.45) is 1.88. The van der Waals surface area contributed by atoms with Crippen LogP contribution in [0.2, 0.25) is 0 Å². The van der Waals surface area contributed by atoms with Gasteiger partial charge in [-0.3, -0.25) is 4.68 Å². The summed E-state index contributed by atoms with van der Waals surface area (Å²) in [6, 6.07) is 10.9. The minimum Gasteiger partial charge on any atom is -0.310 e. The molecule has 0 aliphatic carbocycles. The first-order valence-corrected chi connectivity index (χ1v) is 7.95. The summed E-state index contributed by atoms with van der Waals surface area (Å²) in [5.74, 6) is 0. The van der Waals surface area contributed by atoms with Gasteiger partial charge in [-0.25, -0.2) is 0 Å². The molecule has 1 N–H and O–H groups in total. The van der Waals surface area contributed by atoms with Crippen LogP contribution in [0.3, 0.4) is 0 Å². The molecule has 0 fully saturated rings. The van der Waals surface area contributed by atoms with Gasteiger partial charge >= 0.3 is 0 Å². The zero-order valence-corrected chi connectivity index (χ0v) is 13.9. The summed E-state index contributed by atoms with van der Waals surface area (Å²) in [6.45, 7) is 5.23. The van der Waals surface area contributed by atoms with Gasteiger partial charge in [0, 0.05) is 19.5 Å². The molecule has 2 rings (SSSR count). The van der Waals surface area contributed by atoms with E-state index in [1.165, 1.54) is 11.3 Å². The van der Waals surface area contributed by atoms with Crippen LogP contribution in [0.25, 0.3) is 0 Å². The second-order valence-electron chi connectivity index (χ2n) is 4.91. The van der Waals surface area contributed by atoms with Crippen LogP contribution in [0.1, 0.15) is 36.8 Å². The Morgan fingerprint density at radius 3 is 2.50 bits per heavy atom. The van der Waals surface area contributed by atoms with Crippen molar-refractivity contribution >= 4 is 15.9 Å². The van der Waals surface area contributed by atoms with Crippen molar-refractivity contribution < 1.29 is 0 Å². The van der Waals surface area contributed by atoms with Crippen LogP contribution >= 0.6 is 15.9 Å². The number of aromatic nitrogens is 2. The highest BCUT2D eigenvalue weighted by molar-refractivity contribution is 9.10. The zero-order chi connectivity index (χ0) is 14.5. The van der Waals surface area contributed by atoms with Gasteiger partial charge in [-0.1, -0.05) is 44.2 Å². The molecule has 1 aromatic heterocycles. The minimum absolute atomic E-state index is 0.317. The number of rotatable bonds is 6. The normalized spacial score (nSPS) is 12.6. The van der Waals surface area contributed by atoms with Gasteiger partial charge in [0.15, 0.2) is 0 Å². The zero-order valence-electron chi connectivity index (χ0n) is 12.4. The Labute approximate surface area is 129 Å². The molecule has 1 atom stereocenters. The largest absolute Gasteiger partial charge is 0.310 e. The fourth-order valence-electron chi connectivity index (χ4n) is 2.47. The van der Waals surface area contributed by atoms with Crippen molar-refractivity contribution in [3.05, 3.63) is 51.8 Å². The lowest BCUT2D eigenvalue weighted by Gasteiger charge is -2.18. The van der Waals surface area contributed by atoms with E-state index in [4.69, 9.17) is 0 Å². The first-order chi connectivity index (χ1) is 9.67. The standard InChI is InChI=1S/C16H22BrN3/c1-4-13-16(17)15(20(3)19-13)11-14(18-5-2)12-9-7-6-8-10-12/h6-10,14,18H,4-5,11H2,1-3H3. The van der Waals surface area contributed by atoms with E-state index < -0.39 is 0 Å². The molecule has 1 heterocycles. The van der Waals surface area contributed by atoms with Crippen molar-refractivity contribution in [2.24, 2.45) is 7.05 Å².